The molecule has 2 aromatic rings. The zero-order valence-corrected chi connectivity index (χ0v) is 11.2. The summed E-state index contributed by atoms with van der Waals surface area (Å²) in [4.78, 5) is 26.4. The number of carbonyl (C=O) groups excluding carboxylic acids is 1. The highest BCUT2D eigenvalue weighted by Gasteiger charge is 2.16. The SMILES string of the molecule is Cc1ccc(NC(=O)Cc2nccn2C)c([N+](=O)[O-])c1. The van der Waals surface area contributed by atoms with Gasteiger partial charge in [0.2, 0.25) is 5.91 Å². The summed E-state index contributed by atoms with van der Waals surface area (Å²) in [6.45, 7) is 1.76. The maximum absolute atomic E-state index is 11.9. The molecule has 0 saturated heterocycles. The van der Waals surface area contributed by atoms with Gasteiger partial charge in [0.25, 0.3) is 5.69 Å². The number of hydrogen-bond donors (Lipinski definition) is 1. The van der Waals surface area contributed by atoms with Crippen molar-refractivity contribution in [1.82, 2.24) is 9.55 Å². The summed E-state index contributed by atoms with van der Waals surface area (Å²) in [7, 11) is 1.78. The minimum absolute atomic E-state index is 0.0640. The molecule has 20 heavy (non-hydrogen) atoms. The number of benzene rings is 1. The first-order valence-electron chi connectivity index (χ1n) is 5.98. The summed E-state index contributed by atoms with van der Waals surface area (Å²) >= 11 is 0. The highest BCUT2D eigenvalue weighted by molar-refractivity contribution is 5.94. The Morgan fingerprint density at radius 1 is 1.50 bits per heavy atom. The highest BCUT2D eigenvalue weighted by atomic mass is 16.6. The van der Waals surface area contributed by atoms with E-state index < -0.39 is 4.92 Å². The summed E-state index contributed by atoms with van der Waals surface area (Å²) < 4.78 is 1.73. The predicted octanol–water partition coefficient (Wildman–Crippen LogP) is 1.82. The van der Waals surface area contributed by atoms with Gasteiger partial charge in [0.1, 0.15) is 11.5 Å². The van der Waals surface area contributed by atoms with E-state index in [4.69, 9.17) is 0 Å². The van der Waals surface area contributed by atoms with Gasteiger partial charge in [0.15, 0.2) is 0 Å². The largest absolute Gasteiger partial charge is 0.338 e. The lowest BCUT2D eigenvalue weighted by atomic mass is 10.2. The van der Waals surface area contributed by atoms with Gasteiger partial charge in [-0.2, -0.15) is 0 Å². The molecule has 104 valence electrons. The normalized spacial score (nSPS) is 10.3. The van der Waals surface area contributed by atoms with E-state index in [0.29, 0.717) is 5.82 Å². The van der Waals surface area contributed by atoms with Crippen LogP contribution in [0.25, 0.3) is 0 Å². The third-order valence-electron chi connectivity index (χ3n) is 2.86. The number of aryl methyl sites for hydroxylation is 2. The van der Waals surface area contributed by atoms with Gasteiger partial charge in [-0.3, -0.25) is 14.9 Å². The first-order chi connectivity index (χ1) is 9.47. The van der Waals surface area contributed by atoms with Crippen molar-refractivity contribution in [2.24, 2.45) is 7.05 Å². The molecule has 0 atom stereocenters. The average molecular weight is 274 g/mol. The van der Waals surface area contributed by atoms with Gasteiger partial charge < -0.3 is 9.88 Å². The molecule has 2 rings (SSSR count). The summed E-state index contributed by atoms with van der Waals surface area (Å²) in [6, 6.07) is 4.67. The molecule has 1 N–H and O–H groups in total. The molecule has 0 unspecified atom stereocenters. The second-order valence-electron chi connectivity index (χ2n) is 4.46. The molecule has 7 nitrogen and oxygen atoms in total. The lowest BCUT2D eigenvalue weighted by molar-refractivity contribution is -0.384. The van der Waals surface area contributed by atoms with Crippen molar-refractivity contribution in [3.63, 3.8) is 0 Å². The molecule has 0 aliphatic heterocycles. The zero-order chi connectivity index (χ0) is 14.7. The fourth-order valence-electron chi connectivity index (χ4n) is 1.80. The number of nitro benzene ring substituents is 1. The Balaban J connectivity index is 2.16. The molecule has 0 spiro atoms. The van der Waals surface area contributed by atoms with Gasteiger partial charge in [-0.15, -0.1) is 0 Å². The van der Waals surface area contributed by atoms with Crippen LogP contribution in [0.5, 0.6) is 0 Å². The second kappa shape index (κ2) is 5.52. The van der Waals surface area contributed by atoms with E-state index in [2.05, 4.69) is 10.3 Å². The van der Waals surface area contributed by atoms with Crippen molar-refractivity contribution in [3.05, 3.63) is 52.1 Å². The molecule has 1 amide bonds. The van der Waals surface area contributed by atoms with E-state index >= 15 is 0 Å². The Bertz CT molecular complexity index is 663. The average Bonchev–Trinajstić information content (AvgIpc) is 2.77. The van der Waals surface area contributed by atoms with Crippen LogP contribution < -0.4 is 5.32 Å². The number of nitrogens with zero attached hydrogens (tertiary/aromatic N) is 3. The topological polar surface area (TPSA) is 90.1 Å². The van der Waals surface area contributed by atoms with Crippen LogP contribution in [0.1, 0.15) is 11.4 Å². The van der Waals surface area contributed by atoms with Gasteiger partial charge in [0, 0.05) is 25.5 Å². The summed E-state index contributed by atoms with van der Waals surface area (Å²) in [5.41, 5.74) is 0.844. The Morgan fingerprint density at radius 3 is 2.85 bits per heavy atom. The van der Waals surface area contributed by atoms with Crippen molar-refractivity contribution in [1.29, 1.82) is 0 Å². The monoisotopic (exact) mass is 274 g/mol. The summed E-state index contributed by atoms with van der Waals surface area (Å²) in [5.74, 6) is 0.253. The van der Waals surface area contributed by atoms with Gasteiger partial charge in [0.05, 0.1) is 11.3 Å². The molecule has 1 heterocycles. The van der Waals surface area contributed by atoms with Crippen LogP contribution in [-0.2, 0) is 18.3 Å². The number of hydrogen-bond acceptors (Lipinski definition) is 4. The first kappa shape index (κ1) is 13.7. The van der Waals surface area contributed by atoms with E-state index in [1.165, 1.54) is 12.1 Å². The van der Waals surface area contributed by atoms with Crippen LogP contribution >= 0.6 is 0 Å². The van der Waals surface area contributed by atoms with Crippen molar-refractivity contribution in [2.45, 2.75) is 13.3 Å². The van der Waals surface area contributed by atoms with Crippen LogP contribution in [0.3, 0.4) is 0 Å². The van der Waals surface area contributed by atoms with Gasteiger partial charge in [-0.05, 0) is 18.6 Å². The maximum atomic E-state index is 11.9. The Kier molecular flexibility index (Phi) is 3.79. The lowest BCUT2D eigenvalue weighted by Crippen LogP contribution is -2.17. The molecule has 0 aliphatic rings. The molecule has 0 bridgehead atoms. The number of nitro groups is 1. The molecule has 0 radical (unpaired) electrons. The molecule has 0 aliphatic carbocycles. The Hall–Kier alpha value is -2.70. The third-order valence-corrected chi connectivity index (χ3v) is 2.86. The minimum atomic E-state index is -0.511. The molecule has 1 aromatic carbocycles. The predicted molar refractivity (Wildman–Crippen MR) is 73.4 cm³/mol. The summed E-state index contributed by atoms with van der Waals surface area (Å²) in [5, 5.41) is 13.5. The fraction of sp³-hybridized carbons (Fsp3) is 0.231. The zero-order valence-electron chi connectivity index (χ0n) is 11.2. The van der Waals surface area contributed by atoms with Crippen molar-refractivity contribution < 1.29 is 9.72 Å². The van der Waals surface area contributed by atoms with Gasteiger partial charge in [-0.25, -0.2) is 4.98 Å². The minimum Gasteiger partial charge on any atom is -0.338 e. The van der Waals surface area contributed by atoms with E-state index in [0.717, 1.165) is 5.56 Å². The number of nitrogens with one attached hydrogen (secondary N) is 1. The van der Waals surface area contributed by atoms with Crippen LogP contribution in [0, 0.1) is 17.0 Å². The van der Waals surface area contributed by atoms with E-state index in [-0.39, 0.29) is 23.7 Å². The Morgan fingerprint density at radius 2 is 2.25 bits per heavy atom. The highest BCUT2D eigenvalue weighted by Crippen LogP contribution is 2.25. The maximum Gasteiger partial charge on any atom is 0.293 e. The molecular formula is C13H14N4O3. The van der Waals surface area contributed by atoms with Crippen molar-refractivity contribution >= 4 is 17.3 Å². The molecule has 0 fully saturated rings. The molecular weight excluding hydrogens is 260 g/mol. The van der Waals surface area contributed by atoms with E-state index in [1.54, 1.807) is 37.0 Å². The Labute approximate surface area is 115 Å². The van der Waals surface area contributed by atoms with Crippen LogP contribution in [0.2, 0.25) is 0 Å². The van der Waals surface area contributed by atoms with Crippen molar-refractivity contribution in [2.75, 3.05) is 5.32 Å². The van der Waals surface area contributed by atoms with Gasteiger partial charge >= 0.3 is 0 Å². The van der Waals surface area contributed by atoms with Crippen LogP contribution in [0.4, 0.5) is 11.4 Å². The standard InChI is InChI=1S/C13H14N4O3/c1-9-3-4-10(11(7-9)17(19)20)15-13(18)8-12-14-5-6-16(12)2/h3-7H,8H2,1-2H3,(H,15,18). The lowest BCUT2D eigenvalue weighted by Gasteiger charge is -2.06. The number of aromatic nitrogens is 2. The number of rotatable bonds is 4. The third kappa shape index (κ3) is 3.00. The van der Waals surface area contributed by atoms with Gasteiger partial charge in [-0.1, -0.05) is 6.07 Å². The summed E-state index contributed by atoms with van der Waals surface area (Å²) in [6.07, 6.45) is 3.39. The first-order valence-corrected chi connectivity index (χ1v) is 5.98. The van der Waals surface area contributed by atoms with Crippen molar-refractivity contribution in [3.8, 4) is 0 Å². The smallest absolute Gasteiger partial charge is 0.293 e. The van der Waals surface area contributed by atoms with E-state index in [9.17, 15) is 14.9 Å². The molecule has 7 heteroatoms. The fourth-order valence-corrected chi connectivity index (χ4v) is 1.80. The number of carbonyl (C=O) groups is 1. The molecule has 1 aromatic heterocycles. The number of amides is 1. The number of imidazole rings is 1. The molecule has 0 saturated carbocycles. The van der Waals surface area contributed by atoms with E-state index in [1.807, 2.05) is 0 Å². The second-order valence-corrected chi connectivity index (χ2v) is 4.46. The van der Waals surface area contributed by atoms with Crippen LogP contribution in [0.15, 0.2) is 30.6 Å². The quantitative estimate of drug-likeness (QED) is 0.680. The van der Waals surface area contributed by atoms with Crippen LogP contribution in [-0.4, -0.2) is 20.4 Å². The number of anilines is 1.